The minimum atomic E-state index is -1.39. The third-order valence-electron chi connectivity index (χ3n) is 4.41. The molecule has 1 aliphatic rings. The molecule has 2 unspecified atom stereocenters. The lowest BCUT2D eigenvalue weighted by atomic mass is 9.85. The normalized spacial score (nSPS) is 18.0. The fourth-order valence-electron chi connectivity index (χ4n) is 2.95. The summed E-state index contributed by atoms with van der Waals surface area (Å²) in [6.45, 7) is 0.230. The molecule has 130 valence electrons. The lowest BCUT2D eigenvalue weighted by Gasteiger charge is -2.35. The second kappa shape index (κ2) is 7.81. The van der Waals surface area contributed by atoms with Gasteiger partial charge in [-0.25, -0.2) is 0 Å². The van der Waals surface area contributed by atoms with Crippen molar-refractivity contribution in [2.45, 2.75) is 25.0 Å². The van der Waals surface area contributed by atoms with Crippen molar-refractivity contribution in [3.63, 3.8) is 0 Å². The van der Waals surface area contributed by atoms with Crippen molar-refractivity contribution in [3.05, 3.63) is 28.3 Å². The van der Waals surface area contributed by atoms with Gasteiger partial charge in [0.05, 0.1) is 17.2 Å². The molecule has 8 heteroatoms. The van der Waals surface area contributed by atoms with Crippen LogP contribution in [0.25, 0.3) is 0 Å². The molecule has 0 spiro atoms. The van der Waals surface area contributed by atoms with Crippen molar-refractivity contribution in [1.29, 1.82) is 5.26 Å². The van der Waals surface area contributed by atoms with Gasteiger partial charge in [0.2, 0.25) is 0 Å². The van der Waals surface area contributed by atoms with Crippen molar-refractivity contribution in [1.82, 2.24) is 4.90 Å². The van der Waals surface area contributed by atoms with Gasteiger partial charge in [0.15, 0.2) is 6.10 Å². The van der Waals surface area contributed by atoms with E-state index in [0.717, 1.165) is 0 Å². The fraction of sp³-hybridized carbons (Fsp3) is 0.500. The number of benzene rings is 1. The lowest BCUT2D eigenvalue weighted by Crippen LogP contribution is -2.46. The van der Waals surface area contributed by atoms with E-state index in [1.165, 1.54) is 17.0 Å². The fourth-order valence-corrected chi connectivity index (χ4v) is 3.17. The van der Waals surface area contributed by atoms with Crippen molar-refractivity contribution >= 4 is 17.5 Å². The number of phenols is 1. The van der Waals surface area contributed by atoms with E-state index in [0.29, 0.717) is 31.5 Å². The highest BCUT2D eigenvalue weighted by Crippen LogP contribution is 2.36. The second-order valence-electron chi connectivity index (χ2n) is 5.89. The number of phenolic OH excluding ortho intramolecular Hbond substituents is 1. The third kappa shape index (κ3) is 3.79. The van der Waals surface area contributed by atoms with E-state index >= 15 is 0 Å². The Kier molecular flexibility index (Phi) is 6.02. The Balaban J connectivity index is 2.06. The molecule has 0 aliphatic carbocycles. The first-order valence-electron chi connectivity index (χ1n) is 7.64. The quantitative estimate of drug-likeness (QED) is 0.623. The number of aliphatic hydroxyl groups excluding tert-OH is 2. The molecule has 5 N–H and O–H groups in total. The Morgan fingerprint density at radius 2 is 2.08 bits per heavy atom. The number of rotatable bonds is 4. The Morgan fingerprint density at radius 1 is 1.46 bits per heavy atom. The van der Waals surface area contributed by atoms with Gasteiger partial charge in [0.1, 0.15) is 11.8 Å². The monoisotopic (exact) mass is 353 g/mol. The summed E-state index contributed by atoms with van der Waals surface area (Å²) < 4.78 is 0. The number of likely N-dealkylation sites (tertiary alicyclic amines) is 1. The van der Waals surface area contributed by atoms with E-state index in [-0.39, 0.29) is 22.3 Å². The number of hydrogen-bond acceptors (Lipinski definition) is 6. The number of nitrogens with two attached hydrogens (primary N) is 1. The second-order valence-corrected chi connectivity index (χ2v) is 6.30. The number of aliphatic hydroxyl groups is 2. The predicted octanol–water partition coefficient (Wildman–Crippen LogP) is 0.509. The smallest absolute Gasteiger partial charge is 0.253 e. The Labute approximate surface area is 144 Å². The van der Waals surface area contributed by atoms with Gasteiger partial charge in [-0.15, -0.1) is 0 Å². The molecule has 1 saturated heterocycles. The molecule has 1 heterocycles. The summed E-state index contributed by atoms with van der Waals surface area (Å²) in [7, 11) is 0. The summed E-state index contributed by atoms with van der Waals surface area (Å²) in [5.41, 5.74) is 6.90. The van der Waals surface area contributed by atoms with Crippen molar-refractivity contribution in [2.24, 2.45) is 11.7 Å². The van der Waals surface area contributed by atoms with Gasteiger partial charge >= 0.3 is 0 Å². The number of halogens is 1. The average Bonchev–Trinajstić information content (AvgIpc) is 2.61. The van der Waals surface area contributed by atoms with E-state index in [2.05, 4.69) is 0 Å². The van der Waals surface area contributed by atoms with E-state index in [1.807, 2.05) is 6.07 Å². The molecular formula is C16H20ClN3O4. The van der Waals surface area contributed by atoms with E-state index in [1.54, 1.807) is 0 Å². The maximum Gasteiger partial charge on any atom is 0.253 e. The predicted molar refractivity (Wildman–Crippen MR) is 87.2 cm³/mol. The Bertz CT molecular complexity index is 653. The average molecular weight is 354 g/mol. The van der Waals surface area contributed by atoms with Crippen LogP contribution in [0.3, 0.4) is 0 Å². The summed E-state index contributed by atoms with van der Waals surface area (Å²) in [6, 6.07) is 4.22. The highest BCUT2D eigenvalue weighted by molar-refractivity contribution is 6.31. The zero-order valence-electron chi connectivity index (χ0n) is 13.0. The standard InChI is InChI=1S/C16H20ClN3O4/c17-12-6-11(13(22)5-10(12)7-18)15(19)9-1-3-20(4-2-9)16(24)14(23)8-21/h5-6,9,14-15,21-23H,1-4,8,19H2. The molecule has 1 amide bonds. The number of piperidine rings is 1. The van der Waals surface area contributed by atoms with Gasteiger partial charge in [-0.05, 0) is 30.9 Å². The SMILES string of the molecule is N#Cc1cc(O)c(C(N)C2CCN(C(=O)C(O)CO)CC2)cc1Cl. The highest BCUT2D eigenvalue weighted by atomic mass is 35.5. The molecule has 0 radical (unpaired) electrons. The molecule has 7 nitrogen and oxygen atoms in total. The van der Waals surface area contributed by atoms with Gasteiger partial charge in [-0.1, -0.05) is 11.6 Å². The molecule has 1 aromatic carbocycles. The third-order valence-corrected chi connectivity index (χ3v) is 4.73. The van der Waals surface area contributed by atoms with Crippen LogP contribution in [0.2, 0.25) is 5.02 Å². The highest BCUT2D eigenvalue weighted by Gasteiger charge is 2.31. The molecule has 1 fully saturated rings. The minimum Gasteiger partial charge on any atom is -0.508 e. The largest absolute Gasteiger partial charge is 0.508 e. The molecule has 2 atom stereocenters. The van der Waals surface area contributed by atoms with E-state index in [4.69, 9.17) is 27.7 Å². The number of nitrogens with zero attached hydrogens (tertiary/aromatic N) is 2. The molecular weight excluding hydrogens is 334 g/mol. The summed E-state index contributed by atoms with van der Waals surface area (Å²) in [6.07, 6.45) is -0.193. The van der Waals surface area contributed by atoms with Crippen LogP contribution in [0.4, 0.5) is 0 Å². The molecule has 1 aliphatic heterocycles. The molecule has 1 aromatic rings. The molecule has 0 aromatic heterocycles. The summed E-state index contributed by atoms with van der Waals surface area (Å²) in [5.74, 6) is -0.540. The number of amides is 1. The van der Waals surface area contributed by atoms with Crippen LogP contribution >= 0.6 is 11.6 Å². The maximum absolute atomic E-state index is 11.8. The molecule has 2 rings (SSSR count). The number of hydrogen-bond donors (Lipinski definition) is 4. The first-order valence-corrected chi connectivity index (χ1v) is 8.02. The van der Waals surface area contributed by atoms with Gasteiger partial charge in [-0.3, -0.25) is 4.79 Å². The lowest BCUT2D eigenvalue weighted by molar-refractivity contribution is -0.143. The first-order chi connectivity index (χ1) is 11.4. The number of nitriles is 1. The Hall–Kier alpha value is -1.85. The minimum absolute atomic E-state index is 0.0234. The summed E-state index contributed by atoms with van der Waals surface area (Å²) in [4.78, 5) is 13.3. The van der Waals surface area contributed by atoms with Crippen LogP contribution in [0.5, 0.6) is 5.75 Å². The van der Waals surface area contributed by atoms with Crippen LogP contribution in [-0.2, 0) is 4.79 Å². The van der Waals surface area contributed by atoms with Gasteiger partial charge < -0.3 is 26.0 Å². The molecule has 0 bridgehead atoms. The zero-order valence-corrected chi connectivity index (χ0v) is 13.8. The maximum atomic E-state index is 11.8. The van der Waals surface area contributed by atoms with Crippen LogP contribution in [0.15, 0.2) is 12.1 Å². The first kappa shape index (κ1) is 18.5. The van der Waals surface area contributed by atoms with E-state index < -0.39 is 24.7 Å². The molecule has 0 saturated carbocycles. The summed E-state index contributed by atoms with van der Waals surface area (Å²) >= 11 is 6.01. The van der Waals surface area contributed by atoms with E-state index in [9.17, 15) is 15.0 Å². The van der Waals surface area contributed by atoms with Crippen LogP contribution in [0.1, 0.15) is 30.0 Å². The van der Waals surface area contributed by atoms with Gasteiger partial charge in [0.25, 0.3) is 5.91 Å². The zero-order chi connectivity index (χ0) is 17.9. The number of aromatic hydroxyl groups is 1. The summed E-state index contributed by atoms with van der Waals surface area (Å²) in [5, 5.41) is 37.5. The van der Waals surface area contributed by atoms with Crippen LogP contribution in [-0.4, -0.2) is 51.9 Å². The van der Waals surface area contributed by atoms with Crippen molar-refractivity contribution in [2.75, 3.05) is 19.7 Å². The number of carbonyl (C=O) groups is 1. The Morgan fingerprint density at radius 3 is 2.62 bits per heavy atom. The van der Waals surface area contributed by atoms with Crippen LogP contribution < -0.4 is 5.73 Å². The topological polar surface area (TPSA) is 131 Å². The number of carbonyl (C=O) groups excluding carboxylic acids is 1. The van der Waals surface area contributed by atoms with Crippen molar-refractivity contribution in [3.8, 4) is 11.8 Å². The molecule has 24 heavy (non-hydrogen) atoms. The van der Waals surface area contributed by atoms with Crippen molar-refractivity contribution < 1.29 is 20.1 Å². The van der Waals surface area contributed by atoms with Crippen LogP contribution in [0, 0.1) is 17.2 Å². The van der Waals surface area contributed by atoms with Gasteiger partial charge in [0, 0.05) is 24.7 Å². The van der Waals surface area contributed by atoms with Gasteiger partial charge in [-0.2, -0.15) is 5.26 Å².